The number of benzene rings is 1. The van der Waals surface area contributed by atoms with Gasteiger partial charge < -0.3 is 36.9 Å². The van der Waals surface area contributed by atoms with Crippen LogP contribution < -0.4 is 21.7 Å². The number of carboxylic acids is 2. The lowest BCUT2D eigenvalue weighted by Crippen LogP contribution is -2.55. The monoisotopic (exact) mass is 475 g/mol. The number of carbonyl (C=O) groups is 5. The molecule has 184 valence electrons. The summed E-state index contributed by atoms with van der Waals surface area (Å²) in [6, 6.07) is 3.86. The number of hydrogen-bond acceptors (Lipinski definition) is 6. The maximum atomic E-state index is 12.5. The van der Waals surface area contributed by atoms with Gasteiger partial charge in [-0.15, -0.1) is 0 Å². The fraction of sp³-hybridized carbons (Fsp3) is 0.409. The van der Waals surface area contributed by atoms with Gasteiger partial charge in [0.05, 0.1) is 19.0 Å². The summed E-state index contributed by atoms with van der Waals surface area (Å²) in [5.41, 5.74) is 7.75. The molecule has 0 aliphatic rings. The van der Waals surface area contributed by atoms with E-state index in [1.54, 1.807) is 20.0 Å². The zero-order valence-corrected chi connectivity index (χ0v) is 18.8. The molecule has 3 unspecified atom stereocenters. The van der Waals surface area contributed by atoms with Crippen LogP contribution in [-0.2, 0) is 30.4 Å². The Bertz CT molecular complexity index is 1060. The zero-order valence-electron chi connectivity index (χ0n) is 18.8. The van der Waals surface area contributed by atoms with E-state index in [4.69, 9.17) is 15.9 Å². The van der Waals surface area contributed by atoms with Crippen LogP contribution in [0.25, 0.3) is 10.9 Å². The highest BCUT2D eigenvalue weighted by atomic mass is 16.4. The quantitative estimate of drug-likeness (QED) is 0.209. The molecule has 1 heterocycles. The molecule has 2 aromatic rings. The molecule has 8 N–H and O–H groups in total. The number of rotatable bonds is 12. The zero-order chi connectivity index (χ0) is 25.4. The van der Waals surface area contributed by atoms with E-state index in [-0.39, 0.29) is 6.42 Å². The third-order valence-electron chi connectivity index (χ3n) is 5.13. The van der Waals surface area contributed by atoms with Crippen molar-refractivity contribution in [3.05, 3.63) is 36.0 Å². The molecule has 0 bridgehead atoms. The van der Waals surface area contributed by atoms with Crippen molar-refractivity contribution in [2.75, 3.05) is 6.54 Å². The van der Waals surface area contributed by atoms with Gasteiger partial charge in [-0.05, 0) is 24.0 Å². The van der Waals surface area contributed by atoms with Crippen molar-refractivity contribution >= 4 is 40.6 Å². The van der Waals surface area contributed by atoms with Gasteiger partial charge in [-0.3, -0.25) is 19.2 Å². The molecule has 2 rings (SSSR count). The normalized spacial score (nSPS) is 13.6. The number of carbonyl (C=O) groups excluding carboxylic acids is 3. The van der Waals surface area contributed by atoms with Crippen molar-refractivity contribution in [3.8, 4) is 0 Å². The molecule has 0 aliphatic heterocycles. The Labute approximate surface area is 195 Å². The van der Waals surface area contributed by atoms with Gasteiger partial charge >= 0.3 is 11.9 Å². The summed E-state index contributed by atoms with van der Waals surface area (Å²) in [5.74, 6) is -5.45. The molecule has 3 atom stereocenters. The van der Waals surface area contributed by atoms with Crippen molar-refractivity contribution in [2.24, 2.45) is 11.7 Å². The van der Waals surface area contributed by atoms with Gasteiger partial charge in [-0.25, -0.2) is 4.79 Å². The van der Waals surface area contributed by atoms with Crippen LogP contribution in [0.2, 0.25) is 0 Å². The number of para-hydroxylation sites is 1. The predicted molar refractivity (Wildman–Crippen MR) is 122 cm³/mol. The van der Waals surface area contributed by atoms with E-state index in [0.29, 0.717) is 0 Å². The Balaban J connectivity index is 1.90. The molecular weight excluding hydrogens is 446 g/mol. The molecular formula is C22H29N5O7. The number of hydrogen-bond donors (Lipinski definition) is 7. The lowest BCUT2D eigenvalue weighted by atomic mass is 10.0. The Kier molecular flexibility index (Phi) is 9.13. The topological polar surface area (TPSA) is 204 Å². The first-order valence-corrected chi connectivity index (χ1v) is 10.6. The molecule has 0 aliphatic carbocycles. The number of H-pyrrole nitrogens is 1. The van der Waals surface area contributed by atoms with Gasteiger partial charge in [0.2, 0.25) is 17.7 Å². The van der Waals surface area contributed by atoms with Crippen LogP contribution in [0.1, 0.15) is 25.8 Å². The lowest BCUT2D eigenvalue weighted by molar-refractivity contribution is -0.147. The molecule has 0 saturated carbocycles. The highest BCUT2D eigenvalue weighted by Gasteiger charge is 2.30. The molecule has 12 nitrogen and oxygen atoms in total. The highest BCUT2D eigenvalue weighted by molar-refractivity contribution is 5.93. The molecule has 0 spiro atoms. The Morgan fingerprint density at radius 3 is 2.32 bits per heavy atom. The van der Waals surface area contributed by atoms with Gasteiger partial charge in [0, 0.05) is 17.1 Å². The molecule has 12 heteroatoms. The Hall–Kier alpha value is -3.93. The standard InChI is InChI=1S/C22H29N5O7/c1-11(2)19(21(32)26-16(22(33)34)8-18(29)30)27-17(28)10-25-20(31)14(23)7-12-9-24-15-6-4-3-5-13(12)15/h3-6,9,11,14,16,19,24H,7-8,10,23H2,1-2H3,(H,25,31)(H,26,32)(H,27,28)(H,29,30)(H,33,34). The van der Waals surface area contributed by atoms with Gasteiger partial charge in [-0.2, -0.15) is 0 Å². The number of aromatic nitrogens is 1. The van der Waals surface area contributed by atoms with Crippen LogP contribution in [0.5, 0.6) is 0 Å². The van der Waals surface area contributed by atoms with Gasteiger partial charge in [0.25, 0.3) is 0 Å². The molecule has 34 heavy (non-hydrogen) atoms. The molecule has 0 saturated heterocycles. The van der Waals surface area contributed by atoms with Crippen LogP contribution in [0.3, 0.4) is 0 Å². The first-order chi connectivity index (χ1) is 16.0. The first kappa shape index (κ1) is 26.3. The van der Waals surface area contributed by atoms with E-state index in [1.807, 2.05) is 24.3 Å². The number of aliphatic carboxylic acids is 2. The van der Waals surface area contributed by atoms with Crippen molar-refractivity contribution in [2.45, 2.75) is 44.8 Å². The molecule has 3 amide bonds. The minimum atomic E-state index is -1.65. The molecule has 1 aromatic carbocycles. The van der Waals surface area contributed by atoms with Crippen LogP contribution in [0, 0.1) is 5.92 Å². The summed E-state index contributed by atoms with van der Waals surface area (Å²) < 4.78 is 0. The average Bonchev–Trinajstić information content (AvgIpc) is 3.17. The number of carboxylic acid groups (broad SMARTS) is 2. The maximum Gasteiger partial charge on any atom is 0.326 e. The van der Waals surface area contributed by atoms with Crippen molar-refractivity contribution in [1.29, 1.82) is 0 Å². The fourth-order valence-corrected chi connectivity index (χ4v) is 3.32. The minimum absolute atomic E-state index is 0.245. The second-order valence-corrected chi connectivity index (χ2v) is 8.17. The number of aromatic amines is 1. The van der Waals surface area contributed by atoms with E-state index >= 15 is 0 Å². The number of nitrogens with one attached hydrogen (secondary N) is 4. The summed E-state index contributed by atoms with van der Waals surface area (Å²) in [6.45, 7) is 2.79. The summed E-state index contributed by atoms with van der Waals surface area (Å²) in [5, 5.41) is 25.8. The minimum Gasteiger partial charge on any atom is -0.481 e. The van der Waals surface area contributed by atoms with Crippen LogP contribution in [-0.4, -0.2) is 69.5 Å². The smallest absolute Gasteiger partial charge is 0.326 e. The van der Waals surface area contributed by atoms with Gasteiger partial charge in [0.1, 0.15) is 12.1 Å². The second-order valence-electron chi connectivity index (χ2n) is 8.17. The number of fused-ring (bicyclic) bond motifs is 1. The van der Waals surface area contributed by atoms with Gasteiger partial charge in [0.15, 0.2) is 0 Å². The average molecular weight is 476 g/mol. The SMILES string of the molecule is CC(C)C(NC(=O)CNC(=O)C(N)Cc1c[nH]c2ccccc12)C(=O)NC(CC(=O)O)C(=O)O. The van der Waals surface area contributed by atoms with E-state index < -0.39 is 66.7 Å². The van der Waals surface area contributed by atoms with Crippen molar-refractivity contribution in [3.63, 3.8) is 0 Å². The van der Waals surface area contributed by atoms with Crippen molar-refractivity contribution < 1.29 is 34.2 Å². The summed E-state index contributed by atoms with van der Waals surface area (Å²) >= 11 is 0. The van der Waals surface area contributed by atoms with Crippen LogP contribution in [0.4, 0.5) is 0 Å². The van der Waals surface area contributed by atoms with Crippen LogP contribution >= 0.6 is 0 Å². The first-order valence-electron chi connectivity index (χ1n) is 10.6. The number of amides is 3. The predicted octanol–water partition coefficient (Wildman–Crippen LogP) is -0.661. The summed E-state index contributed by atoms with van der Waals surface area (Å²) in [7, 11) is 0. The van der Waals surface area contributed by atoms with E-state index in [1.165, 1.54) is 0 Å². The molecule has 1 aromatic heterocycles. The second kappa shape index (κ2) is 11.8. The Morgan fingerprint density at radius 1 is 1.03 bits per heavy atom. The van der Waals surface area contributed by atoms with Crippen molar-refractivity contribution in [1.82, 2.24) is 20.9 Å². The van der Waals surface area contributed by atoms with Gasteiger partial charge in [-0.1, -0.05) is 32.0 Å². The highest BCUT2D eigenvalue weighted by Crippen LogP contribution is 2.18. The summed E-state index contributed by atoms with van der Waals surface area (Å²) in [6.07, 6.45) is 1.20. The maximum absolute atomic E-state index is 12.5. The Morgan fingerprint density at radius 2 is 1.71 bits per heavy atom. The van der Waals surface area contributed by atoms with E-state index in [2.05, 4.69) is 20.9 Å². The molecule has 0 fully saturated rings. The van der Waals surface area contributed by atoms with Crippen LogP contribution in [0.15, 0.2) is 30.5 Å². The number of nitrogens with two attached hydrogens (primary N) is 1. The summed E-state index contributed by atoms with van der Waals surface area (Å²) in [4.78, 5) is 62.2. The fourth-order valence-electron chi connectivity index (χ4n) is 3.32. The third kappa shape index (κ3) is 7.30. The largest absolute Gasteiger partial charge is 0.481 e. The van der Waals surface area contributed by atoms with E-state index in [9.17, 15) is 24.0 Å². The van der Waals surface area contributed by atoms with E-state index in [0.717, 1.165) is 16.5 Å². The third-order valence-corrected chi connectivity index (χ3v) is 5.13. The molecule has 0 radical (unpaired) electrons. The lowest BCUT2D eigenvalue weighted by Gasteiger charge is -2.23.